The predicted octanol–water partition coefficient (Wildman–Crippen LogP) is 0.895. The second-order valence-corrected chi connectivity index (χ2v) is 8.03. The normalized spacial score (nSPS) is 15.4. The van der Waals surface area contributed by atoms with Gasteiger partial charge in [0, 0.05) is 31.9 Å². The topological polar surface area (TPSA) is 128 Å². The molecular weight excluding hydrogens is 373 g/mol. The fourth-order valence-corrected chi connectivity index (χ4v) is 3.64. The highest BCUT2D eigenvalue weighted by Crippen LogP contribution is 2.26. The Balaban J connectivity index is 1.77. The SMILES string of the molecule is CS(=O)(=O)N1CCN(c2ccc(Nc3ncc(F)c(N)n3)cc2C#N)CC1. The third-order valence-electron chi connectivity index (χ3n) is 4.19. The van der Waals surface area contributed by atoms with Gasteiger partial charge in [0.2, 0.25) is 16.0 Å². The minimum absolute atomic E-state index is 0.118. The van der Waals surface area contributed by atoms with E-state index in [9.17, 15) is 18.1 Å². The summed E-state index contributed by atoms with van der Waals surface area (Å²) in [7, 11) is -3.21. The first-order valence-electron chi connectivity index (χ1n) is 8.07. The molecule has 1 fully saturated rings. The van der Waals surface area contributed by atoms with Gasteiger partial charge in [-0.3, -0.25) is 0 Å². The molecule has 1 saturated heterocycles. The molecule has 0 amide bonds. The molecule has 3 N–H and O–H groups in total. The molecule has 0 aliphatic carbocycles. The van der Waals surface area contributed by atoms with Crippen LogP contribution in [0.1, 0.15) is 5.56 Å². The van der Waals surface area contributed by atoms with Gasteiger partial charge in [-0.05, 0) is 18.2 Å². The first-order valence-corrected chi connectivity index (χ1v) is 9.92. The molecule has 2 aromatic rings. The second kappa shape index (κ2) is 7.34. The molecule has 1 aliphatic heterocycles. The van der Waals surface area contributed by atoms with Crippen molar-refractivity contribution in [2.75, 3.05) is 48.4 Å². The Labute approximate surface area is 156 Å². The number of benzene rings is 1. The second-order valence-electron chi connectivity index (χ2n) is 6.04. The lowest BCUT2D eigenvalue weighted by atomic mass is 10.1. The smallest absolute Gasteiger partial charge is 0.229 e. The van der Waals surface area contributed by atoms with Crippen LogP contribution in [-0.2, 0) is 10.0 Å². The average Bonchev–Trinajstić information content (AvgIpc) is 2.64. The highest BCUT2D eigenvalue weighted by Gasteiger charge is 2.24. The van der Waals surface area contributed by atoms with Crippen LogP contribution in [0, 0.1) is 17.1 Å². The molecule has 9 nitrogen and oxygen atoms in total. The number of nitrogens with two attached hydrogens (primary N) is 1. The molecule has 0 saturated carbocycles. The van der Waals surface area contributed by atoms with Gasteiger partial charge in [0.1, 0.15) is 6.07 Å². The highest BCUT2D eigenvalue weighted by atomic mass is 32.2. The lowest BCUT2D eigenvalue weighted by Crippen LogP contribution is -2.48. The first kappa shape index (κ1) is 18.8. The molecule has 0 unspecified atom stereocenters. The van der Waals surface area contributed by atoms with Gasteiger partial charge in [-0.25, -0.2) is 17.8 Å². The van der Waals surface area contributed by atoms with Crippen molar-refractivity contribution in [3.8, 4) is 6.07 Å². The van der Waals surface area contributed by atoms with Crippen molar-refractivity contribution in [1.82, 2.24) is 14.3 Å². The fourth-order valence-electron chi connectivity index (χ4n) is 2.81. The minimum Gasteiger partial charge on any atom is -0.381 e. The lowest BCUT2D eigenvalue weighted by molar-refractivity contribution is 0.388. The number of nitrogen functional groups attached to an aromatic ring is 1. The Morgan fingerprint density at radius 2 is 2.00 bits per heavy atom. The Bertz CT molecular complexity index is 998. The highest BCUT2D eigenvalue weighted by molar-refractivity contribution is 7.88. The van der Waals surface area contributed by atoms with E-state index in [1.165, 1.54) is 10.6 Å². The third kappa shape index (κ3) is 4.24. The van der Waals surface area contributed by atoms with E-state index in [1.807, 2.05) is 4.90 Å². The van der Waals surface area contributed by atoms with E-state index in [0.29, 0.717) is 37.4 Å². The number of nitrogens with one attached hydrogen (secondary N) is 1. The van der Waals surface area contributed by atoms with E-state index in [0.717, 1.165) is 11.9 Å². The minimum atomic E-state index is -3.21. The molecule has 1 aromatic carbocycles. The summed E-state index contributed by atoms with van der Waals surface area (Å²) >= 11 is 0. The van der Waals surface area contributed by atoms with E-state index in [-0.39, 0.29) is 11.8 Å². The molecule has 0 atom stereocenters. The van der Waals surface area contributed by atoms with E-state index < -0.39 is 15.8 Å². The number of hydrogen-bond acceptors (Lipinski definition) is 8. The van der Waals surface area contributed by atoms with Crippen LogP contribution in [0.2, 0.25) is 0 Å². The van der Waals surface area contributed by atoms with Crippen LogP contribution in [0.3, 0.4) is 0 Å². The zero-order valence-corrected chi connectivity index (χ0v) is 15.4. The Morgan fingerprint density at radius 3 is 2.59 bits per heavy atom. The van der Waals surface area contributed by atoms with Gasteiger partial charge >= 0.3 is 0 Å². The number of sulfonamides is 1. The summed E-state index contributed by atoms with van der Waals surface area (Å²) in [4.78, 5) is 9.56. The van der Waals surface area contributed by atoms with Gasteiger partial charge in [-0.1, -0.05) is 0 Å². The summed E-state index contributed by atoms with van der Waals surface area (Å²) in [6.07, 6.45) is 2.15. The quantitative estimate of drug-likeness (QED) is 0.786. The van der Waals surface area contributed by atoms with Crippen molar-refractivity contribution in [3.05, 3.63) is 35.8 Å². The number of halogens is 1. The summed E-state index contributed by atoms with van der Waals surface area (Å²) in [6.45, 7) is 1.72. The maximum absolute atomic E-state index is 13.1. The van der Waals surface area contributed by atoms with Crippen molar-refractivity contribution in [3.63, 3.8) is 0 Å². The number of piperazine rings is 1. The molecular formula is C16H18FN7O2S. The van der Waals surface area contributed by atoms with Crippen LogP contribution in [-0.4, -0.2) is 55.1 Å². The van der Waals surface area contributed by atoms with Gasteiger partial charge in [0.15, 0.2) is 11.6 Å². The molecule has 0 radical (unpaired) electrons. The lowest BCUT2D eigenvalue weighted by Gasteiger charge is -2.35. The Hall–Kier alpha value is -2.97. The largest absolute Gasteiger partial charge is 0.381 e. The van der Waals surface area contributed by atoms with E-state index in [1.54, 1.807) is 18.2 Å². The number of anilines is 4. The van der Waals surface area contributed by atoms with Crippen molar-refractivity contribution < 1.29 is 12.8 Å². The molecule has 3 rings (SSSR count). The first-order chi connectivity index (χ1) is 12.8. The number of hydrogen-bond donors (Lipinski definition) is 2. The van der Waals surface area contributed by atoms with Crippen LogP contribution in [0.4, 0.5) is 27.5 Å². The molecule has 0 spiro atoms. The molecule has 1 aliphatic rings. The van der Waals surface area contributed by atoms with Gasteiger partial charge in [-0.2, -0.15) is 14.6 Å². The molecule has 1 aromatic heterocycles. The summed E-state index contributed by atoms with van der Waals surface area (Å²) in [5, 5.41) is 12.4. The van der Waals surface area contributed by atoms with Crippen molar-refractivity contribution in [2.24, 2.45) is 0 Å². The molecule has 2 heterocycles. The van der Waals surface area contributed by atoms with Crippen LogP contribution < -0.4 is 16.0 Å². The number of nitriles is 1. The van der Waals surface area contributed by atoms with Gasteiger partial charge in [0.25, 0.3) is 0 Å². The summed E-state index contributed by atoms with van der Waals surface area (Å²) in [5.41, 5.74) is 7.11. The van der Waals surface area contributed by atoms with E-state index in [4.69, 9.17) is 5.73 Å². The van der Waals surface area contributed by atoms with E-state index >= 15 is 0 Å². The fraction of sp³-hybridized carbons (Fsp3) is 0.312. The standard InChI is InChI=1S/C16H18FN7O2S/c1-27(25,26)24-6-4-23(5-7-24)14-3-2-12(8-11(14)9-18)21-16-20-10-13(17)15(19)22-16/h2-3,8,10H,4-7H2,1H3,(H3,19,20,21,22). The van der Waals surface area contributed by atoms with Crippen LogP contribution in [0.25, 0.3) is 0 Å². The van der Waals surface area contributed by atoms with Gasteiger partial charge in [-0.15, -0.1) is 0 Å². The Morgan fingerprint density at radius 1 is 1.30 bits per heavy atom. The number of aromatic nitrogens is 2. The number of nitrogens with zero attached hydrogens (tertiary/aromatic N) is 5. The third-order valence-corrected chi connectivity index (χ3v) is 5.50. The monoisotopic (exact) mass is 391 g/mol. The summed E-state index contributed by atoms with van der Waals surface area (Å²) in [6, 6.07) is 7.27. The summed E-state index contributed by atoms with van der Waals surface area (Å²) in [5.74, 6) is -0.859. The maximum Gasteiger partial charge on any atom is 0.229 e. The molecule has 11 heteroatoms. The molecule has 0 bridgehead atoms. The van der Waals surface area contributed by atoms with Crippen LogP contribution >= 0.6 is 0 Å². The number of rotatable bonds is 4. The van der Waals surface area contributed by atoms with Crippen molar-refractivity contribution in [2.45, 2.75) is 0 Å². The molecule has 27 heavy (non-hydrogen) atoms. The van der Waals surface area contributed by atoms with Crippen LogP contribution in [0.5, 0.6) is 0 Å². The van der Waals surface area contributed by atoms with Crippen LogP contribution in [0.15, 0.2) is 24.4 Å². The maximum atomic E-state index is 13.1. The Kier molecular flexibility index (Phi) is 5.11. The predicted molar refractivity (Wildman–Crippen MR) is 99.5 cm³/mol. The zero-order chi connectivity index (χ0) is 19.6. The van der Waals surface area contributed by atoms with Gasteiger partial charge in [0.05, 0.1) is 23.7 Å². The van der Waals surface area contributed by atoms with Gasteiger partial charge < -0.3 is 16.0 Å². The van der Waals surface area contributed by atoms with Crippen molar-refractivity contribution in [1.29, 1.82) is 5.26 Å². The van der Waals surface area contributed by atoms with E-state index in [2.05, 4.69) is 21.4 Å². The molecule has 142 valence electrons. The van der Waals surface area contributed by atoms with Crippen molar-refractivity contribution >= 4 is 33.2 Å². The average molecular weight is 391 g/mol. The summed E-state index contributed by atoms with van der Waals surface area (Å²) < 4.78 is 37.8. The zero-order valence-electron chi connectivity index (χ0n) is 14.6.